The van der Waals surface area contributed by atoms with Gasteiger partial charge in [0.15, 0.2) is 11.6 Å². The molecule has 34 heavy (non-hydrogen) atoms. The summed E-state index contributed by atoms with van der Waals surface area (Å²) in [7, 11) is 0. The molecule has 0 bridgehead atoms. The van der Waals surface area contributed by atoms with Crippen molar-refractivity contribution in [2.75, 3.05) is 24.5 Å². The first kappa shape index (κ1) is 20.6. The van der Waals surface area contributed by atoms with E-state index >= 15 is 0 Å². The van der Waals surface area contributed by atoms with Crippen molar-refractivity contribution in [2.24, 2.45) is 5.92 Å². The summed E-state index contributed by atoms with van der Waals surface area (Å²) in [6.45, 7) is 4.01. The number of carbonyl (C=O) groups excluding carboxylic acids is 1. The van der Waals surface area contributed by atoms with Crippen LogP contribution in [0.2, 0.25) is 0 Å². The van der Waals surface area contributed by atoms with Crippen molar-refractivity contribution in [2.45, 2.75) is 19.4 Å². The summed E-state index contributed by atoms with van der Waals surface area (Å²) in [6.07, 6.45) is 5.65. The first-order valence-electron chi connectivity index (χ1n) is 11.1. The predicted molar refractivity (Wildman–Crippen MR) is 121 cm³/mol. The van der Waals surface area contributed by atoms with Crippen molar-refractivity contribution < 1.29 is 13.6 Å². The molecule has 1 amide bonds. The standard InChI is InChI=1S/C24H21F2N7O/c1-14-2-3-21(33-28-5-6-29-33)16(8-14)24(34)32-12-15-4-7-31(13-22(15)32)23-11-27-19-9-17(25)18(26)10-20(19)30-23/h2-3,5-6,8-11,15,22H,4,7,12-13H2,1H3/t15-,22-/m1/s1. The first-order valence-corrected chi connectivity index (χ1v) is 11.1. The number of hydrogen-bond acceptors (Lipinski definition) is 6. The molecular weight excluding hydrogens is 440 g/mol. The van der Waals surface area contributed by atoms with Gasteiger partial charge in [-0.3, -0.25) is 9.78 Å². The third-order valence-electron chi connectivity index (χ3n) is 6.73. The van der Waals surface area contributed by atoms with Crippen molar-refractivity contribution in [3.05, 3.63) is 71.7 Å². The van der Waals surface area contributed by atoms with Gasteiger partial charge in [0.05, 0.1) is 46.9 Å². The number of hydrogen-bond donors (Lipinski definition) is 0. The maximum Gasteiger partial charge on any atom is 0.256 e. The van der Waals surface area contributed by atoms with E-state index in [-0.39, 0.29) is 11.9 Å². The third kappa shape index (κ3) is 3.37. The van der Waals surface area contributed by atoms with Gasteiger partial charge in [-0.1, -0.05) is 11.6 Å². The monoisotopic (exact) mass is 461 g/mol. The van der Waals surface area contributed by atoms with E-state index < -0.39 is 11.6 Å². The Morgan fingerprint density at radius 3 is 2.59 bits per heavy atom. The molecule has 2 atom stereocenters. The minimum atomic E-state index is -0.950. The molecule has 2 saturated heterocycles. The molecule has 0 aliphatic carbocycles. The van der Waals surface area contributed by atoms with E-state index in [2.05, 4.69) is 25.1 Å². The average Bonchev–Trinajstić information content (AvgIpc) is 3.35. The molecule has 0 spiro atoms. The number of aromatic nitrogens is 5. The van der Waals surface area contributed by atoms with E-state index in [0.717, 1.165) is 30.7 Å². The molecule has 2 aromatic heterocycles. The van der Waals surface area contributed by atoms with Crippen LogP contribution in [0.1, 0.15) is 22.3 Å². The van der Waals surface area contributed by atoms with E-state index in [1.165, 1.54) is 4.80 Å². The van der Waals surface area contributed by atoms with Crippen LogP contribution in [0.4, 0.5) is 14.6 Å². The Kier molecular flexibility index (Phi) is 4.75. The van der Waals surface area contributed by atoms with Crippen molar-refractivity contribution >= 4 is 22.8 Å². The lowest BCUT2D eigenvalue weighted by atomic mass is 9.81. The Labute approximate surface area is 193 Å². The predicted octanol–water partition coefficient (Wildman–Crippen LogP) is 3.15. The van der Waals surface area contributed by atoms with Gasteiger partial charge in [-0.2, -0.15) is 15.0 Å². The van der Waals surface area contributed by atoms with Gasteiger partial charge in [0, 0.05) is 37.7 Å². The molecule has 4 aromatic rings. The number of carbonyl (C=O) groups is 1. The number of fused-ring (bicyclic) bond motifs is 2. The molecule has 8 nitrogen and oxygen atoms in total. The van der Waals surface area contributed by atoms with Gasteiger partial charge in [0.2, 0.25) is 0 Å². The lowest BCUT2D eigenvalue weighted by Gasteiger charge is -2.53. The molecule has 172 valence electrons. The molecule has 2 aromatic carbocycles. The van der Waals surface area contributed by atoms with Gasteiger partial charge in [-0.25, -0.2) is 13.8 Å². The summed E-state index contributed by atoms with van der Waals surface area (Å²) >= 11 is 0. The number of benzene rings is 2. The number of amides is 1. The quantitative estimate of drug-likeness (QED) is 0.466. The van der Waals surface area contributed by atoms with Gasteiger partial charge in [-0.05, 0) is 25.5 Å². The lowest BCUT2D eigenvalue weighted by molar-refractivity contribution is 0.00777. The van der Waals surface area contributed by atoms with Crippen LogP contribution in [-0.4, -0.2) is 61.4 Å². The summed E-state index contributed by atoms with van der Waals surface area (Å²) in [5, 5.41) is 8.39. The minimum absolute atomic E-state index is 0.0302. The van der Waals surface area contributed by atoms with Crippen LogP contribution in [0.15, 0.2) is 48.9 Å². The SMILES string of the molecule is Cc1ccc(-n2nccn2)c(C(=O)N2C[C@H]3CCN(c4cnc5cc(F)c(F)cc5n4)C[C@H]32)c1. The maximum absolute atomic E-state index is 13.7. The fourth-order valence-electron chi connectivity index (χ4n) is 4.88. The Bertz CT molecular complexity index is 1410. The molecule has 2 fully saturated rings. The van der Waals surface area contributed by atoms with Gasteiger partial charge in [0.25, 0.3) is 5.91 Å². The Balaban J connectivity index is 1.26. The number of anilines is 1. The van der Waals surface area contributed by atoms with Crippen LogP contribution in [0.3, 0.4) is 0 Å². The van der Waals surface area contributed by atoms with Crippen molar-refractivity contribution in [1.82, 2.24) is 29.9 Å². The highest BCUT2D eigenvalue weighted by atomic mass is 19.2. The normalized spacial score (nSPS) is 19.7. The third-order valence-corrected chi connectivity index (χ3v) is 6.73. The fourth-order valence-corrected chi connectivity index (χ4v) is 4.88. The van der Waals surface area contributed by atoms with Gasteiger partial charge in [0.1, 0.15) is 5.82 Å². The highest BCUT2D eigenvalue weighted by Crippen LogP contribution is 2.36. The molecule has 2 aliphatic rings. The summed E-state index contributed by atoms with van der Waals surface area (Å²) in [5.74, 6) is -0.945. The van der Waals surface area contributed by atoms with Gasteiger partial charge < -0.3 is 9.80 Å². The molecule has 0 radical (unpaired) electrons. The lowest BCUT2D eigenvalue weighted by Crippen LogP contribution is -2.66. The Hall–Kier alpha value is -3.95. The zero-order chi connectivity index (χ0) is 23.4. The first-order chi connectivity index (χ1) is 16.5. The maximum atomic E-state index is 13.7. The van der Waals surface area contributed by atoms with Crippen LogP contribution < -0.4 is 4.90 Å². The Morgan fingerprint density at radius 1 is 1.03 bits per heavy atom. The number of piperidine rings is 1. The van der Waals surface area contributed by atoms with Crippen LogP contribution in [0, 0.1) is 24.5 Å². The number of halogens is 2. The molecule has 6 rings (SSSR count). The molecule has 0 unspecified atom stereocenters. The zero-order valence-electron chi connectivity index (χ0n) is 18.4. The largest absolute Gasteiger partial charge is 0.353 e. The van der Waals surface area contributed by atoms with E-state index in [4.69, 9.17) is 0 Å². The number of rotatable bonds is 3. The molecule has 4 heterocycles. The van der Waals surface area contributed by atoms with Crippen LogP contribution in [0.5, 0.6) is 0 Å². The van der Waals surface area contributed by atoms with Gasteiger partial charge >= 0.3 is 0 Å². The van der Waals surface area contributed by atoms with E-state index in [1.807, 2.05) is 30.0 Å². The molecule has 0 saturated carbocycles. The molecule has 2 aliphatic heterocycles. The number of likely N-dealkylation sites (tertiary alicyclic amines) is 1. The topological polar surface area (TPSA) is 80.0 Å². The second-order valence-corrected chi connectivity index (χ2v) is 8.84. The number of nitrogens with zero attached hydrogens (tertiary/aromatic N) is 7. The second-order valence-electron chi connectivity index (χ2n) is 8.84. The van der Waals surface area contributed by atoms with Crippen molar-refractivity contribution in [3.8, 4) is 5.69 Å². The number of aryl methyl sites for hydroxylation is 1. The van der Waals surface area contributed by atoms with E-state index in [9.17, 15) is 13.6 Å². The average molecular weight is 461 g/mol. The summed E-state index contributed by atoms with van der Waals surface area (Å²) in [4.78, 5) is 27.7. The highest BCUT2D eigenvalue weighted by Gasteiger charge is 2.46. The van der Waals surface area contributed by atoms with Crippen LogP contribution in [0.25, 0.3) is 16.7 Å². The molecular formula is C24H21F2N7O. The molecule has 10 heteroatoms. The molecule has 0 N–H and O–H groups in total. The van der Waals surface area contributed by atoms with Crippen molar-refractivity contribution in [1.29, 1.82) is 0 Å². The van der Waals surface area contributed by atoms with E-state index in [1.54, 1.807) is 18.6 Å². The summed E-state index contributed by atoms with van der Waals surface area (Å²) in [6, 6.07) is 7.81. The smallest absolute Gasteiger partial charge is 0.256 e. The fraction of sp³-hybridized carbons (Fsp3) is 0.292. The van der Waals surface area contributed by atoms with Gasteiger partial charge in [-0.15, -0.1) is 0 Å². The second kappa shape index (κ2) is 7.82. The summed E-state index contributed by atoms with van der Waals surface area (Å²) < 4.78 is 27.2. The van der Waals surface area contributed by atoms with Crippen LogP contribution in [-0.2, 0) is 0 Å². The summed E-state index contributed by atoms with van der Waals surface area (Å²) in [5.41, 5.74) is 2.80. The Morgan fingerprint density at radius 2 is 1.79 bits per heavy atom. The van der Waals surface area contributed by atoms with E-state index in [0.29, 0.717) is 47.1 Å². The minimum Gasteiger partial charge on any atom is -0.353 e. The van der Waals surface area contributed by atoms with Crippen molar-refractivity contribution in [3.63, 3.8) is 0 Å². The van der Waals surface area contributed by atoms with Crippen LogP contribution >= 0.6 is 0 Å². The highest BCUT2D eigenvalue weighted by molar-refractivity contribution is 5.98. The zero-order valence-corrected chi connectivity index (χ0v) is 18.4.